The van der Waals surface area contributed by atoms with E-state index in [1.54, 1.807) is 6.07 Å². The second kappa shape index (κ2) is 7.14. The van der Waals surface area contributed by atoms with Crippen LogP contribution in [0.4, 0.5) is 4.79 Å². The van der Waals surface area contributed by atoms with E-state index in [1.807, 2.05) is 19.2 Å². The maximum absolute atomic E-state index is 13.0. The third kappa shape index (κ3) is 3.50. The van der Waals surface area contributed by atoms with E-state index < -0.39 is 5.54 Å². The highest BCUT2D eigenvalue weighted by molar-refractivity contribution is 6.42. The molecule has 3 atom stereocenters. The van der Waals surface area contributed by atoms with Crippen LogP contribution in [0.5, 0.6) is 0 Å². The maximum atomic E-state index is 13.0. The lowest BCUT2D eigenvalue weighted by atomic mass is 9.73. The summed E-state index contributed by atoms with van der Waals surface area (Å²) in [6, 6.07) is 5.23. The smallest absolute Gasteiger partial charge is 0.323 e. The van der Waals surface area contributed by atoms with E-state index in [2.05, 4.69) is 12.2 Å². The molecule has 2 fully saturated rings. The first-order valence-corrected chi connectivity index (χ1v) is 9.48. The zero-order valence-corrected chi connectivity index (χ0v) is 16.1. The quantitative estimate of drug-likeness (QED) is 0.783. The third-order valence-corrected chi connectivity index (χ3v) is 6.16. The lowest BCUT2D eigenvalue weighted by Crippen LogP contribution is -3.09. The van der Waals surface area contributed by atoms with Gasteiger partial charge in [-0.2, -0.15) is 0 Å². The van der Waals surface area contributed by atoms with Gasteiger partial charge in [0.2, 0.25) is 0 Å². The van der Waals surface area contributed by atoms with Crippen molar-refractivity contribution in [3.05, 3.63) is 33.8 Å². The largest absolute Gasteiger partial charge is 0.329 e. The molecule has 2 N–H and O–H groups in total. The number of carbonyl (C=O) groups excluding carboxylic acids is 2. The Morgan fingerprint density at radius 3 is 2.72 bits per heavy atom. The van der Waals surface area contributed by atoms with Gasteiger partial charge in [0.15, 0.2) is 6.67 Å². The Morgan fingerprint density at radius 1 is 1.28 bits per heavy atom. The number of nitrogens with zero attached hydrogens (tertiary/aromatic N) is 1. The summed E-state index contributed by atoms with van der Waals surface area (Å²) >= 11 is 12.0. The minimum Gasteiger partial charge on any atom is -0.323 e. The average Bonchev–Trinajstić information content (AvgIpc) is 2.79. The van der Waals surface area contributed by atoms with Crippen molar-refractivity contribution in [1.29, 1.82) is 0 Å². The van der Waals surface area contributed by atoms with Crippen LogP contribution in [0.3, 0.4) is 0 Å². The number of halogens is 2. The number of rotatable bonds is 4. The zero-order valence-electron chi connectivity index (χ0n) is 14.6. The van der Waals surface area contributed by atoms with Gasteiger partial charge in [0.25, 0.3) is 5.91 Å². The fraction of sp³-hybridized carbons (Fsp3) is 0.556. The Kier molecular flexibility index (Phi) is 5.28. The second-order valence-electron chi connectivity index (χ2n) is 7.32. The van der Waals surface area contributed by atoms with E-state index in [1.165, 1.54) is 4.90 Å². The van der Waals surface area contributed by atoms with Crippen LogP contribution < -0.4 is 10.2 Å². The number of urea groups is 1. The molecule has 1 saturated heterocycles. The van der Waals surface area contributed by atoms with E-state index in [9.17, 15) is 9.59 Å². The van der Waals surface area contributed by atoms with Gasteiger partial charge in [0, 0.05) is 5.56 Å². The molecule has 2 aliphatic rings. The van der Waals surface area contributed by atoms with E-state index in [4.69, 9.17) is 23.2 Å². The molecule has 1 heterocycles. The number of hydrogen-bond donors (Lipinski definition) is 2. The number of imide groups is 1. The summed E-state index contributed by atoms with van der Waals surface area (Å²) in [7, 11) is 1.96. The van der Waals surface area contributed by atoms with E-state index in [0.717, 1.165) is 36.1 Å². The van der Waals surface area contributed by atoms with Crippen LogP contribution in [-0.2, 0) is 11.3 Å². The van der Waals surface area contributed by atoms with Crippen molar-refractivity contribution in [3.63, 3.8) is 0 Å². The van der Waals surface area contributed by atoms with Gasteiger partial charge < -0.3 is 10.2 Å². The topological polar surface area (TPSA) is 53.9 Å². The van der Waals surface area contributed by atoms with Crippen molar-refractivity contribution in [1.82, 2.24) is 10.2 Å². The van der Waals surface area contributed by atoms with Gasteiger partial charge in [-0.3, -0.25) is 4.79 Å². The molecule has 7 heteroatoms. The van der Waals surface area contributed by atoms with Crippen molar-refractivity contribution >= 4 is 35.1 Å². The standard InChI is InChI=1S/C18H23Cl2N3O2/c1-12-5-3-4-8-18(12)16(24)23(17(25)21-18)11-22(2)10-13-6-7-14(19)15(20)9-13/h6-7,9,12H,3-5,8,10-11H2,1-2H3,(H,21,25)/p+1/t12-,18+/m0/s1. The van der Waals surface area contributed by atoms with Crippen molar-refractivity contribution in [2.45, 2.75) is 44.7 Å². The molecule has 1 saturated carbocycles. The molecule has 0 radical (unpaired) electrons. The van der Waals surface area contributed by atoms with Crippen LogP contribution in [0.25, 0.3) is 0 Å². The van der Waals surface area contributed by atoms with Crippen molar-refractivity contribution in [2.24, 2.45) is 5.92 Å². The summed E-state index contributed by atoms with van der Waals surface area (Å²) in [4.78, 5) is 27.8. The lowest BCUT2D eigenvalue weighted by Gasteiger charge is -2.36. The zero-order chi connectivity index (χ0) is 18.2. The molecule has 1 aliphatic carbocycles. The van der Waals surface area contributed by atoms with Gasteiger partial charge in [-0.1, -0.05) is 49.0 Å². The molecule has 3 amide bonds. The van der Waals surface area contributed by atoms with Gasteiger partial charge >= 0.3 is 6.03 Å². The normalized spacial score (nSPS) is 27.7. The minimum atomic E-state index is -0.695. The number of hydrogen-bond acceptors (Lipinski definition) is 2. The van der Waals surface area contributed by atoms with Crippen LogP contribution in [0.15, 0.2) is 18.2 Å². The molecule has 0 bridgehead atoms. The molecular weight excluding hydrogens is 361 g/mol. The van der Waals surface area contributed by atoms with Crippen molar-refractivity contribution in [3.8, 4) is 0 Å². The molecule has 5 nitrogen and oxygen atoms in total. The molecule has 1 aliphatic heterocycles. The Bertz CT molecular complexity index is 697. The van der Waals surface area contributed by atoms with Gasteiger partial charge in [0.05, 0.1) is 17.1 Å². The highest BCUT2D eigenvalue weighted by atomic mass is 35.5. The summed E-state index contributed by atoms with van der Waals surface area (Å²) < 4.78 is 0. The summed E-state index contributed by atoms with van der Waals surface area (Å²) in [5, 5.41) is 4.02. The monoisotopic (exact) mass is 384 g/mol. The second-order valence-corrected chi connectivity index (χ2v) is 8.14. The fourth-order valence-corrected chi connectivity index (χ4v) is 4.28. The highest BCUT2D eigenvalue weighted by Crippen LogP contribution is 2.37. The number of benzene rings is 1. The Morgan fingerprint density at radius 2 is 2.04 bits per heavy atom. The maximum Gasteiger partial charge on any atom is 0.329 e. The van der Waals surface area contributed by atoms with Gasteiger partial charge in [-0.05, 0) is 30.9 Å². The number of amides is 3. The summed E-state index contributed by atoms with van der Waals surface area (Å²) in [5.41, 5.74) is 0.318. The Hall–Kier alpha value is -1.30. The first kappa shape index (κ1) is 18.5. The van der Waals surface area contributed by atoms with Crippen LogP contribution in [-0.4, -0.2) is 36.1 Å². The summed E-state index contributed by atoms with van der Waals surface area (Å²) in [5.74, 6) is 0.108. The van der Waals surface area contributed by atoms with Crippen molar-refractivity contribution in [2.75, 3.05) is 13.7 Å². The highest BCUT2D eigenvalue weighted by Gasteiger charge is 2.55. The SMILES string of the molecule is C[C@H]1CCCC[C@@]12NC(=O)N(C[NH+](C)Cc1ccc(Cl)c(Cl)c1)C2=O. The van der Waals surface area contributed by atoms with E-state index >= 15 is 0 Å². The van der Waals surface area contributed by atoms with Crippen LogP contribution in [0, 0.1) is 5.92 Å². The molecular formula is C18H24Cl2N3O2+. The first-order valence-electron chi connectivity index (χ1n) is 8.73. The van der Waals surface area contributed by atoms with Crippen molar-refractivity contribution < 1.29 is 14.5 Å². The Labute approximate surface area is 158 Å². The first-order chi connectivity index (χ1) is 11.8. The fourth-order valence-electron chi connectivity index (χ4n) is 3.96. The Balaban J connectivity index is 1.68. The third-order valence-electron chi connectivity index (χ3n) is 5.42. The lowest BCUT2D eigenvalue weighted by molar-refractivity contribution is -0.901. The van der Waals surface area contributed by atoms with E-state index in [-0.39, 0.29) is 17.9 Å². The van der Waals surface area contributed by atoms with E-state index in [0.29, 0.717) is 23.3 Å². The van der Waals surface area contributed by atoms with Gasteiger partial charge in [-0.25, -0.2) is 9.69 Å². The van der Waals surface area contributed by atoms with Crippen LogP contribution in [0.1, 0.15) is 38.2 Å². The van der Waals surface area contributed by atoms with Gasteiger partial charge in [-0.15, -0.1) is 0 Å². The van der Waals surface area contributed by atoms with Crippen LogP contribution >= 0.6 is 23.2 Å². The summed E-state index contributed by atoms with van der Waals surface area (Å²) in [6.45, 7) is 3.04. The molecule has 1 aromatic carbocycles. The number of quaternary nitrogens is 1. The number of nitrogens with one attached hydrogen (secondary N) is 2. The predicted octanol–water partition coefficient (Wildman–Crippen LogP) is 2.47. The van der Waals surface area contributed by atoms with Gasteiger partial charge in [0.1, 0.15) is 12.1 Å². The summed E-state index contributed by atoms with van der Waals surface area (Å²) in [6.07, 6.45) is 3.82. The molecule has 0 aromatic heterocycles. The number of carbonyl (C=O) groups is 2. The minimum absolute atomic E-state index is 0.0711. The molecule has 1 spiro atoms. The molecule has 1 aromatic rings. The average molecular weight is 385 g/mol. The predicted molar refractivity (Wildman–Crippen MR) is 97.7 cm³/mol. The molecule has 3 rings (SSSR count). The molecule has 25 heavy (non-hydrogen) atoms. The van der Waals surface area contributed by atoms with Crippen LogP contribution in [0.2, 0.25) is 10.0 Å². The molecule has 136 valence electrons. The molecule has 1 unspecified atom stereocenters.